The lowest BCUT2D eigenvalue weighted by molar-refractivity contribution is 0.0521. The summed E-state index contributed by atoms with van der Waals surface area (Å²) in [6.07, 6.45) is 2.79. The number of hydrogen-bond donors (Lipinski definition) is 1. The fourth-order valence-electron chi connectivity index (χ4n) is 2.95. The standard InChI is InChI=1S/C17H12Br2N2O2S/c18-10-8-14(24-16(10)19)17(22)23-21-13-7-3-6-12-15(13)9-4-1-2-5-11(9)20-12/h1-2,4-5,8,20H,3,6-7H2. The molecule has 0 amide bonds. The molecule has 0 aliphatic heterocycles. The van der Waals surface area contributed by atoms with Crippen LogP contribution in [0.2, 0.25) is 0 Å². The second-order valence-electron chi connectivity index (χ2n) is 5.53. The van der Waals surface area contributed by atoms with Crippen LogP contribution in [0.25, 0.3) is 10.9 Å². The van der Waals surface area contributed by atoms with E-state index in [1.54, 1.807) is 6.07 Å². The second kappa shape index (κ2) is 6.46. The van der Waals surface area contributed by atoms with E-state index in [0.717, 1.165) is 49.7 Å². The molecule has 4 rings (SSSR count). The molecule has 4 nitrogen and oxygen atoms in total. The highest BCUT2D eigenvalue weighted by Gasteiger charge is 2.22. The minimum absolute atomic E-state index is 0.439. The smallest absolute Gasteiger partial charge is 0.358 e. The lowest BCUT2D eigenvalue weighted by Crippen LogP contribution is -2.12. The van der Waals surface area contributed by atoms with Crippen molar-refractivity contribution in [2.24, 2.45) is 5.16 Å². The summed E-state index contributed by atoms with van der Waals surface area (Å²) >= 11 is 8.07. The van der Waals surface area contributed by atoms with E-state index in [-0.39, 0.29) is 0 Å². The Labute approximate surface area is 159 Å². The average molecular weight is 468 g/mol. The van der Waals surface area contributed by atoms with E-state index in [2.05, 4.69) is 54.1 Å². The average Bonchev–Trinajstić information content (AvgIpc) is 3.13. The van der Waals surface area contributed by atoms with Crippen molar-refractivity contribution in [3.05, 3.63) is 54.7 Å². The SMILES string of the molecule is O=C(ON=C1CCCc2[nH]c3ccccc3c21)c1cc(Br)c(Br)s1. The normalized spacial score (nSPS) is 15.7. The number of rotatable bonds is 2. The molecule has 0 unspecified atom stereocenters. The monoisotopic (exact) mass is 466 g/mol. The Balaban J connectivity index is 1.66. The summed E-state index contributed by atoms with van der Waals surface area (Å²) in [6, 6.07) is 9.87. The summed E-state index contributed by atoms with van der Waals surface area (Å²) < 4.78 is 1.70. The van der Waals surface area contributed by atoms with Gasteiger partial charge in [0.15, 0.2) is 0 Å². The van der Waals surface area contributed by atoms with Gasteiger partial charge in [-0.2, -0.15) is 0 Å². The highest BCUT2D eigenvalue weighted by atomic mass is 79.9. The second-order valence-corrected chi connectivity index (χ2v) is 8.75. The van der Waals surface area contributed by atoms with Crippen molar-refractivity contribution >= 4 is 65.8 Å². The molecule has 0 spiro atoms. The minimum Gasteiger partial charge on any atom is -0.358 e. The topological polar surface area (TPSA) is 54.4 Å². The third kappa shape index (κ3) is 2.85. The van der Waals surface area contributed by atoms with Gasteiger partial charge in [0.2, 0.25) is 0 Å². The van der Waals surface area contributed by atoms with Gasteiger partial charge in [-0.3, -0.25) is 0 Å². The molecule has 3 aromatic rings. The summed E-state index contributed by atoms with van der Waals surface area (Å²) in [5.41, 5.74) is 4.17. The summed E-state index contributed by atoms with van der Waals surface area (Å²) in [4.78, 5) is 21.4. The highest BCUT2D eigenvalue weighted by Crippen LogP contribution is 2.33. The number of H-pyrrole nitrogens is 1. The van der Waals surface area contributed by atoms with E-state index in [0.29, 0.717) is 4.88 Å². The number of halogens is 2. The zero-order valence-electron chi connectivity index (χ0n) is 12.4. The number of oxime groups is 1. The van der Waals surface area contributed by atoms with Crippen LogP contribution in [0.3, 0.4) is 0 Å². The molecule has 7 heteroatoms. The first kappa shape index (κ1) is 16.1. The Bertz CT molecular complexity index is 955. The number of thiophene rings is 1. The summed E-state index contributed by atoms with van der Waals surface area (Å²) in [7, 11) is 0. The molecule has 0 saturated carbocycles. The maximum Gasteiger partial charge on any atom is 0.375 e. The molecular weight excluding hydrogens is 456 g/mol. The van der Waals surface area contributed by atoms with Gasteiger partial charge in [-0.25, -0.2) is 4.79 Å². The minimum atomic E-state index is -0.439. The van der Waals surface area contributed by atoms with Crippen LogP contribution >= 0.6 is 43.2 Å². The third-order valence-electron chi connectivity index (χ3n) is 4.00. The van der Waals surface area contributed by atoms with Crippen LogP contribution in [0.4, 0.5) is 0 Å². The van der Waals surface area contributed by atoms with Gasteiger partial charge in [-0.1, -0.05) is 23.4 Å². The van der Waals surface area contributed by atoms with E-state index in [1.807, 2.05) is 12.1 Å². The number of carbonyl (C=O) groups is 1. The maximum atomic E-state index is 12.2. The van der Waals surface area contributed by atoms with Crippen LogP contribution in [0.1, 0.15) is 33.8 Å². The van der Waals surface area contributed by atoms with Crippen LogP contribution in [-0.4, -0.2) is 16.7 Å². The van der Waals surface area contributed by atoms with Crippen molar-refractivity contribution < 1.29 is 9.63 Å². The van der Waals surface area contributed by atoms with Crippen molar-refractivity contribution in [1.82, 2.24) is 4.98 Å². The molecule has 1 aliphatic carbocycles. The number of aromatic nitrogens is 1. The molecule has 24 heavy (non-hydrogen) atoms. The van der Waals surface area contributed by atoms with Crippen molar-refractivity contribution in [2.75, 3.05) is 0 Å². The van der Waals surface area contributed by atoms with Gasteiger partial charge in [0, 0.05) is 26.6 Å². The Hall–Kier alpha value is -1.44. The number of aromatic amines is 1. The van der Waals surface area contributed by atoms with Gasteiger partial charge in [-0.05, 0) is 63.3 Å². The molecule has 122 valence electrons. The number of aryl methyl sites for hydroxylation is 1. The molecule has 0 radical (unpaired) electrons. The first-order valence-corrected chi connectivity index (χ1v) is 9.86. The van der Waals surface area contributed by atoms with E-state index in [1.165, 1.54) is 17.0 Å². The van der Waals surface area contributed by atoms with Gasteiger partial charge < -0.3 is 9.82 Å². The van der Waals surface area contributed by atoms with Crippen molar-refractivity contribution in [3.8, 4) is 0 Å². The van der Waals surface area contributed by atoms with Crippen LogP contribution in [0.15, 0.2) is 43.7 Å². The van der Waals surface area contributed by atoms with Gasteiger partial charge in [0.25, 0.3) is 0 Å². The Morgan fingerprint density at radius 1 is 1.25 bits per heavy atom. The molecule has 0 saturated heterocycles. The molecule has 1 aromatic carbocycles. The molecule has 2 aromatic heterocycles. The molecule has 1 N–H and O–H groups in total. The largest absolute Gasteiger partial charge is 0.375 e. The van der Waals surface area contributed by atoms with Crippen LogP contribution in [-0.2, 0) is 11.3 Å². The first-order valence-electron chi connectivity index (χ1n) is 7.46. The van der Waals surface area contributed by atoms with Crippen LogP contribution in [0, 0.1) is 0 Å². The van der Waals surface area contributed by atoms with Gasteiger partial charge in [0.1, 0.15) is 4.88 Å². The van der Waals surface area contributed by atoms with Gasteiger partial charge in [0.05, 0.1) is 9.50 Å². The number of benzene rings is 1. The lowest BCUT2D eigenvalue weighted by atomic mass is 9.94. The summed E-state index contributed by atoms with van der Waals surface area (Å²) in [5.74, 6) is -0.439. The third-order valence-corrected chi connectivity index (χ3v) is 7.23. The van der Waals surface area contributed by atoms with E-state index < -0.39 is 5.97 Å². The number of nitrogens with one attached hydrogen (secondary N) is 1. The quantitative estimate of drug-likeness (QED) is 0.391. The molecule has 0 atom stereocenters. The van der Waals surface area contributed by atoms with Crippen LogP contribution < -0.4 is 0 Å². The van der Waals surface area contributed by atoms with Crippen molar-refractivity contribution in [3.63, 3.8) is 0 Å². The van der Waals surface area contributed by atoms with Crippen molar-refractivity contribution in [2.45, 2.75) is 19.3 Å². The Morgan fingerprint density at radius 2 is 2.08 bits per heavy atom. The highest BCUT2D eigenvalue weighted by molar-refractivity contribution is 9.13. The zero-order valence-corrected chi connectivity index (χ0v) is 16.4. The number of hydrogen-bond acceptors (Lipinski definition) is 4. The van der Waals surface area contributed by atoms with E-state index in [9.17, 15) is 4.79 Å². The van der Waals surface area contributed by atoms with E-state index >= 15 is 0 Å². The zero-order chi connectivity index (χ0) is 16.7. The first-order chi connectivity index (χ1) is 11.6. The van der Waals surface area contributed by atoms with Crippen molar-refractivity contribution in [1.29, 1.82) is 0 Å². The molecule has 0 bridgehead atoms. The predicted molar refractivity (Wildman–Crippen MR) is 103 cm³/mol. The maximum absolute atomic E-state index is 12.2. The fourth-order valence-corrected chi connectivity index (χ4v) is 4.86. The molecular formula is C17H12Br2N2O2S. The summed E-state index contributed by atoms with van der Waals surface area (Å²) in [5, 5.41) is 5.31. The molecule has 0 fully saturated rings. The fraction of sp³-hybridized carbons (Fsp3) is 0.176. The number of carbonyl (C=O) groups excluding carboxylic acids is 1. The van der Waals surface area contributed by atoms with Gasteiger partial charge in [-0.15, -0.1) is 11.3 Å². The molecule has 2 heterocycles. The predicted octanol–water partition coefficient (Wildman–Crippen LogP) is 5.65. The number of fused-ring (bicyclic) bond motifs is 3. The van der Waals surface area contributed by atoms with E-state index in [4.69, 9.17) is 4.84 Å². The number of nitrogens with zero attached hydrogens (tertiary/aromatic N) is 1. The lowest BCUT2D eigenvalue weighted by Gasteiger charge is -2.13. The Kier molecular flexibility index (Phi) is 4.32. The summed E-state index contributed by atoms with van der Waals surface area (Å²) in [6.45, 7) is 0. The van der Waals surface area contributed by atoms with Crippen LogP contribution in [0.5, 0.6) is 0 Å². The Morgan fingerprint density at radius 3 is 2.88 bits per heavy atom. The van der Waals surface area contributed by atoms with Gasteiger partial charge >= 0.3 is 5.97 Å². The molecule has 1 aliphatic rings. The number of para-hydroxylation sites is 1.